The number of imidazole rings is 1. The molecule has 4 rings (SSSR count). The van der Waals surface area contributed by atoms with Gasteiger partial charge in [-0.3, -0.25) is 9.59 Å². The Balaban J connectivity index is 1.63. The number of carbonyl (C=O) groups is 2. The van der Waals surface area contributed by atoms with E-state index in [4.69, 9.17) is 9.72 Å². The molecule has 8 nitrogen and oxygen atoms in total. The first-order chi connectivity index (χ1) is 19.7. The number of carbonyl (C=O) groups excluding carboxylic acids is 2. The first-order valence-electron chi connectivity index (χ1n) is 14.9. The summed E-state index contributed by atoms with van der Waals surface area (Å²) in [5.74, 6) is 1.90. The van der Waals surface area contributed by atoms with E-state index in [2.05, 4.69) is 42.5 Å². The average molecular weight is 560 g/mol. The van der Waals surface area contributed by atoms with Crippen LogP contribution in [0.5, 0.6) is 0 Å². The minimum absolute atomic E-state index is 0.0361. The SMILES string of the molecule is CC(=O)c1ccc(Nc2nc3ccc(C(=O)N(CCC(C)C)CCC(C)C)cc3n2CCCN2C=COCC2)cc1. The number of nitrogens with zero attached hydrogens (tertiary/aromatic N) is 4. The third-order valence-electron chi connectivity index (χ3n) is 7.47. The molecule has 0 unspecified atom stereocenters. The Kier molecular flexibility index (Phi) is 10.4. The predicted molar refractivity (Wildman–Crippen MR) is 166 cm³/mol. The van der Waals surface area contributed by atoms with Crippen LogP contribution in [-0.4, -0.2) is 63.8 Å². The fraction of sp³-hybridized carbons (Fsp3) is 0.485. The summed E-state index contributed by atoms with van der Waals surface area (Å²) in [6, 6.07) is 13.3. The molecule has 3 aromatic rings. The first-order valence-corrected chi connectivity index (χ1v) is 14.9. The summed E-state index contributed by atoms with van der Waals surface area (Å²) < 4.78 is 7.50. The number of fused-ring (bicyclic) bond motifs is 1. The van der Waals surface area contributed by atoms with Gasteiger partial charge in [-0.15, -0.1) is 0 Å². The standard InChI is InChI=1S/C33H45N5O3/c1-24(2)13-17-37(18-14-25(3)4)32(40)28-9-12-30-31(23-28)38(16-6-15-36-19-21-41-22-20-36)33(35-30)34-29-10-7-27(8-11-29)26(5)39/h7-12,19,21,23-25H,6,13-18,20,22H2,1-5H3,(H,34,35). The van der Waals surface area contributed by atoms with Crippen molar-refractivity contribution in [3.63, 3.8) is 0 Å². The predicted octanol–water partition coefficient (Wildman–Crippen LogP) is 6.71. The number of rotatable bonds is 14. The number of ketones is 1. The number of nitrogens with one attached hydrogen (secondary N) is 1. The van der Waals surface area contributed by atoms with Crippen LogP contribution >= 0.6 is 0 Å². The molecule has 2 aromatic carbocycles. The van der Waals surface area contributed by atoms with Crippen LogP contribution in [0.3, 0.4) is 0 Å². The maximum atomic E-state index is 13.8. The number of hydrogen-bond acceptors (Lipinski definition) is 6. The lowest BCUT2D eigenvalue weighted by Crippen LogP contribution is -2.34. The number of ether oxygens (including phenoxy) is 1. The van der Waals surface area contributed by atoms with Crippen LogP contribution in [0.4, 0.5) is 11.6 Å². The number of benzene rings is 2. The van der Waals surface area contributed by atoms with E-state index < -0.39 is 0 Å². The van der Waals surface area contributed by atoms with Gasteiger partial charge in [0, 0.05) is 49.2 Å². The van der Waals surface area contributed by atoms with E-state index in [1.54, 1.807) is 13.2 Å². The summed E-state index contributed by atoms with van der Waals surface area (Å²) in [7, 11) is 0. The van der Waals surface area contributed by atoms with Crippen LogP contribution in [0.1, 0.15) is 74.6 Å². The minimum Gasteiger partial charge on any atom is -0.498 e. The Morgan fingerprint density at radius 2 is 1.66 bits per heavy atom. The number of hydrogen-bond donors (Lipinski definition) is 1. The second kappa shape index (κ2) is 14.2. The zero-order chi connectivity index (χ0) is 29.4. The fourth-order valence-corrected chi connectivity index (χ4v) is 4.88. The highest BCUT2D eigenvalue weighted by Gasteiger charge is 2.20. The van der Waals surface area contributed by atoms with Crippen molar-refractivity contribution in [2.24, 2.45) is 11.8 Å². The third-order valence-corrected chi connectivity index (χ3v) is 7.47. The Morgan fingerprint density at radius 1 is 0.976 bits per heavy atom. The van der Waals surface area contributed by atoms with E-state index in [0.717, 1.165) is 68.7 Å². The minimum atomic E-state index is 0.0361. The summed E-state index contributed by atoms with van der Waals surface area (Å²) in [5, 5.41) is 3.45. The van der Waals surface area contributed by atoms with Crippen molar-refractivity contribution in [2.75, 3.05) is 38.1 Å². The van der Waals surface area contributed by atoms with Gasteiger partial charge in [0.15, 0.2) is 5.78 Å². The number of aryl methyl sites for hydroxylation is 1. The summed E-state index contributed by atoms with van der Waals surface area (Å²) in [6.45, 7) is 15.1. The molecule has 8 heteroatoms. The van der Waals surface area contributed by atoms with Crippen molar-refractivity contribution in [2.45, 2.75) is 60.4 Å². The van der Waals surface area contributed by atoms with Crippen molar-refractivity contribution in [3.05, 3.63) is 66.1 Å². The molecule has 0 spiro atoms. The number of aromatic nitrogens is 2. The Bertz CT molecular complexity index is 1330. The highest BCUT2D eigenvalue weighted by Crippen LogP contribution is 2.26. The molecule has 2 heterocycles. The lowest BCUT2D eigenvalue weighted by molar-refractivity contribution is 0.0740. The molecule has 0 radical (unpaired) electrons. The lowest BCUT2D eigenvalue weighted by Gasteiger charge is -2.25. The molecule has 0 atom stereocenters. The van der Waals surface area contributed by atoms with Crippen molar-refractivity contribution in [1.82, 2.24) is 19.4 Å². The molecule has 0 fully saturated rings. The van der Waals surface area contributed by atoms with Gasteiger partial charge >= 0.3 is 0 Å². The van der Waals surface area contributed by atoms with Crippen LogP contribution < -0.4 is 5.32 Å². The van der Waals surface area contributed by atoms with Gasteiger partial charge in [0.25, 0.3) is 5.91 Å². The monoisotopic (exact) mass is 559 g/mol. The molecular weight excluding hydrogens is 514 g/mol. The molecule has 0 aliphatic carbocycles. The molecule has 1 aromatic heterocycles. The fourth-order valence-electron chi connectivity index (χ4n) is 4.88. The number of Topliss-reactive ketones (excluding diaryl/α,β-unsaturated/α-hetero) is 1. The molecule has 1 amide bonds. The summed E-state index contributed by atoms with van der Waals surface area (Å²) in [6.07, 6.45) is 6.61. The van der Waals surface area contributed by atoms with Crippen molar-refractivity contribution < 1.29 is 14.3 Å². The molecule has 1 N–H and O–H groups in total. The van der Waals surface area contributed by atoms with E-state index in [9.17, 15) is 9.59 Å². The van der Waals surface area contributed by atoms with E-state index >= 15 is 0 Å². The molecule has 41 heavy (non-hydrogen) atoms. The van der Waals surface area contributed by atoms with Gasteiger partial charge < -0.3 is 24.4 Å². The second-order valence-corrected chi connectivity index (χ2v) is 11.8. The highest BCUT2D eigenvalue weighted by atomic mass is 16.5. The van der Waals surface area contributed by atoms with Gasteiger partial charge in [-0.1, -0.05) is 27.7 Å². The molecule has 220 valence electrons. The van der Waals surface area contributed by atoms with Crippen LogP contribution in [-0.2, 0) is 11.3 Å². The largest absolute Gasteiger partial charge is 0.498 e. The summed E-state index contributed by atoms with van der Waals surface area (Å²) >= 11 is 0. The highest BCUT2D eigenvalue weighted by molar-refractivity contribution is 5.98. The van der Waals surface area contributed by atoms with Gasteiger partial charge in [0.05, 0.1) is 23.8 Å². The Hall–Kier alpha value is -3.81. The molecule has 0 saturated heterocycles. The topological polar surface area (TPSA) is 79.7 Å². The van der Waals surface area contributed by atoms with Gasteiger partial charge in [0.1, 0.15) is 6.61 Å². The molecular formula is C33H45N5O3. The van der Waals surface area contributed by atoms with Crippen LogP contribution in [0.15, 0.2) is 54.9 Å². The quantitative estimate of drug-likeness (QED) is 0.221. The molecule has 0 bridgehead atoms. The maximum absolute atomic E-state index is 13.8. The Morgan fingerprint density at radius 3 is 2.27 bits per heavy atom. The van der Waals surface area contributed by atoms with Gasteiger partial charge in [-0.05, 0) is 80.5 Å². The van der Waals surface area contributed by atoms with Crippen LogP contribution in [0.25, 0.3) is 11.0 Å². The Labute approximate surface area is 244 Å². The zero-order valence-electron chi connectivity index (χ0n) is 25.2. The molecule has 1 aliphatic rings. The van der Waals surface area contributed by atoms with E-state index in [1.165, 1.54) is 0 Å². The first kappa shape index (κ1) is 30.2. The molecule has 0 saturated carbocycles. The maximum Gasteiger partial charge on any atom is 0.253 e. The average Bonchev–Trinajstić information content (AvgIpc) is 3.29. The van der Waals surface area contributed by atoms with Crippen molar-refractivity contribution in [1.29, 1.82) is 0 Å². The molecule has 1 aliphatic heterocycles. The smallest absolute Gasteiger partial charge is 0.253 e. The normalized spacial score (nSPS) is 13.2. The number of amides is 1. The zero-order valence-corrected chi connectivity index (χ0v) is 25.2. The third kappa shape index (κ3) is 8.35. The lowest BCUT2D eigenvalue weighted by atomic mass is 10.1. The summed E-state index contributed by atoms with van der Waals surface area (Å²) in [4.78, 5) is 34.7. The van der Waals surface area contributed by atoms with Gasteiger partial charge in [0.2, 0.25) is 5.95 Å². The van der Waals surface area contributed by atoms with E-state index in [0.29, 0.717) is 35.5 Å². The van der Waals surface area contributed by atoms with E-state index in [-0.39, 0.29) is 11.7 Å². The second-order valence-electron chi connectivity index (χ2n) is 11.8. The number of anilines is 2. The van der Waals surface area contributed by atoms with Gasteiger partial charge in [-0.2, -0.15) is 0 Å². The van der Waals surface area contributed by atoms with Crippen molar-refractivity contribution >= 4 is 34.4 Å². The van der Waals surface area contributed by atoms with E-state index in [1.807, 2.05) is 53.6 Å². The van der Waals surface area contributed by atoms with Gasteiger partial charge in [-0.25, -0.2) is 4.98 Å². The van der Waals surface area contributed by atoms with Crippen molar-refractivity contribution in [3.8, 4) is 0 Å². The van der Waals surface area contributed by atoms with Crippen LogP contribution in [0.2, 0.25) is 0 Å². The summed E-state index contributed by atoms with van der Waals surface area (Å²) in [5.41, 5.74) is 3.99. The van der Waals surface area contributed by atoms with Crippen LogP contribution in [0, 0.1) is 11.8 Å².